The van der Waals surface area contributed by atoms with Crippen LogP contribution in [0.4, 0.5) is 0 Å². The lowest BCUT2D eigenvalue weighted by Gasteiger charge is -2.18. The van der Waals surface area contributed by atoms with E-state index in [9.17, 15) is 14.4 Å². The summed E-state index contributed by atoms with van der Waals surface area (Å²) < 4.78 is 16.9. The molecule has 0 saturated carbocycles. The lowest BCUT2D eigenvalue weighted by atomic mass is 10.1. The molecule has 0 bridgehead atoms. The average Bonchev–Trinajstić information content (AvgIpc) is 3.36. The molecule has 0 spiro atoms. The highest BCUT2D eigenvalue weighted by Crippen LogP contribution is 2.15. The SMILES string of the molecule is CC/C=C\C/C=C\C/C=C\C/C=C\CCCCCCCCC(=O)OCC(COC(=O)CCCCCCC/C=C\CCCCCCCC)OC(=O)CCCCCCCCC/C=C\CCCCCCCCC. The summed E-state index contributed by atoms with van der Waals surface area (Å²) >= 11 is 0. The number of allylic oxidation sites excluding steroid dienone is 12. The molecule has 0 heterocycles. The van der Waals surface area contributed by atoms with E-state index in [1.165, 1.54) is 161 Å². The normalized spacial score (nSPS) is 12.6. The fourth-order valence-corrected chi connectivity index (χ4v) is 8.42. The van der Waals surface area contributed by atoms with Crippen LogP contribution in [0.1, 0.15) is 297 Å². The van der Waals surface area contributed by atoms with Crippen molar-refractivity contribution in [3.8, 4) is 0 Å². The first-order valence-corrected chi connectivity index (χ1v) is 29.9. The maximum Gasteiger partial charge on any atom is 0.306 e. The largest absolute Gasteiger partial charge is 0.462 e. The number of unbranched alkanes of at least 4 members (excludes halogenated alkanes) is 31. The van der Waals surface area contributed by atoms with E-state index in [0.29, 0.717) is 19.3 Å². The Morgan fingerprint density at radius 1 is 0.300 bits per heavy atom. The minimum Gasteiger partial charge on any atom is -0.462 e. The number of hydrogen-bond donors (Lipinski definition) is 0. The predicted octanol–water partition coefficient (Wildman–Crippen LogP) is 20.2. The smallest absolute Gasteiger partial charge is 0.306 e. The second-order valence-electron chi connectivity index (χ2n) is 19.9. The first-order valence-electron chi connectivity index (χ1n) is 29.9. The molecular formula is C64H112O6. The zero-order valence-corrected chi connectivity index (χ0v) is 46.3. The lowest BCUT2D eigenvalue weighted by Crippen LogP contribution is -2.30. The molecule has 6 heteroatoms. The van der Waals surface area contributed by atoms with Crippen molar-refractivity contribution in [2.75, 3.05) is 13.2 Å². The van der Waals surface area contributed by atoms with Gasteiger partial charge in [0.2, 0.25) is 0 Å². The fourth-order valence-electron chi connectivity index (χ4n) is 8.42. The third-order valence-corrected chi connectivity index (χ3v) is 12.9. The van der Waals surface area contributed by atoms with Crippen molar-refractivity contribution in [3.05, 3.63) is 72.9 Å². The van der Waals surface area contributed by atoms with E-state index in [4.69, 9.17) is 14.2 Å². The van der Waals surface area contributed by atoms with Gasteiger partial charge in [-0.25, -0.2) is 0 Å². The van der Waals surface area contributed by atoms with Crippen LogP contribution in [0, 0.1) is 0 Å². The molecule has 0 aromatic carbocycles. The number of esters is 3. The van der Waals surface area contributed by atoms with Gasteiger partial charge >= 0.3 is 17.9 Å². The molecule has 0 aliphatic rings. The summed E-state index contributed by atoms with van der Waals surface area (Å²) in [6, 6.07) is 0. The Labute approximate surface area is 433 Å². The van der Waals surface area contributed by atoms with E-state index in [-0.39, 0.29) is 31.1 Å². The Bertz CT molecular complexity index is 1310. The van der Waals surface area contributed by atoms with Crippen molar-refractivity contribution in [2.24, 2.45) is 0 Å². The van der Waals surface area contributed by atoms with E-state index in [0.717, 1.165) is 96.3 Å². The first kappa shape index (κ1) is 66.9. The van der Waals surface area contributed by atoms with Crippen LogP contribution in [0.15, 0.2) is 72.9 Å². The van der Waals surface area contributed by atoms with E-state index in [1.54, 1.807) is 0 Å². The molecule has 404 valence electrons. The average molecular weight is 978 g/mol. The van der Waals surface area contributed by atoms with E-state index >= 15 is 0 Å². The van der Waals surface area contributed by atoms with Gasteiger partial charge in [0.15, 0.2) is 6.10 Å². The molecule has 0 aliphatic carbocycles. The Morgan fingerprint density at radius 2 is 0.557 bits per heavy atom. The van der Waals surface area contributed by atoms with Crippen molar-refractivity contribution in [3.63, 3.8) is 0 Å². The number of ether oxygens (including phenoxy) is 3. The van der Waals surface area contributed by atoms with Crippen molar-refractivity contribution in [1.82, 2.24) is 0 Å². The molecular weight excluding hydrogens is 865 g/mol. The first-order chi connectivity index (χ1) is 34.5. The highest BCUT2D eigenvalue weighted by molar-refractivity contribution is 5.71. The lowest BCUT2D eigenvalue weighted by molar-refractivity contribution is -0.167. The van der Waals surface area contributed by atoms with Crippen LogP contribution in [0.3, 0.4) is 0 Å². The summed E-state index contributed by atoms with van der Waals surface area (Å²) in [5, 5.41) is 0. The van der Waals surface area contributed by atoms with Crippen LogP contribution in [-0.2, 0) is 28.6 Å². The van der Waals surface area contributed by atoms with E-state index in [1.807, 2.05) is 0 Å². The molecule has 0 aromatic heterocycles. The Balaban J connectivity index is 4.41. The molecule has 0 aromatic rings. The molecule has 0 amide bonds. The zero-order chi connectivity index (χ0) is 50.7. The summed E-state index contributed by atoms with van der Waals surface area (Å²) in [5.41, 5.74) is 0. The highest BCUT2D eigenvalue weighted by atomic mass is 16.6. The monoisotopic (exact) mass is 977 g/mol. The number of carbonyl (C=O) groups is 3. The van der Waals surface area contributed by atoms with Crippen molar-refractivity contribution >= 4 is 17.9 Å². The van der Waals surface area contributed by atoms with Crippen LogP contribution in [0.25, 0.3) is 0 Å². The molecule has 0 radical (unpaired) electrons. The maximum atomic E-state index is 12.9. The van der Waals surface area contributed by atoms with Gasteiger partial charge in [0.25, 0.3) is 0 Å². The van der Waals surface area contributed by atoms with E-state index < -0.39 is 6.10 Å². The topological polar surface area (TPSA) is 78.9 Å². The molecule has 0 rings (SSSR count). The van der Waals surface area contributed by atoms with Crippen LogP contribution in [0.2, 0.25) is 0 Å². The molecule has 0 aliphatic heterocycles. The summed E-state index contributed by atoms with van der Waals surface area (Å²) in [7, 11) is 0. The van der Waals surface area contributed by atoms with Gasteiger partial charge in [-0.1, -0.05) is 241 Å². The molecule has 1 atom stereocenters. The predicted molar refractivity (Wildman–Crippen MR) is 302 cm³/mol. The molecule has 1 unspecified atom stereocenters. The van der Waals surface area contributed by atoms with Crippen molar-refractivity contribution < 1.29 is 28.6 Å². The van der Waals surface area contributed by atoms with Crippen LogP contribution < -0.4 is 0 Å². The van der Waals surface area contributed by atoms with Gasteiger partial charge in [-0.15, -0.1) is 0 Å². The fraction of sp³-hybridized carbons (Fsp3) is 0.766. The third-order valence-electron chi connectivity index (χ3n) is 12.9. The second kappa shape index (κ2) is 58.4. The highest BCUT2D eigenvalue weighted by Gasteiger charge is 2.19. The van der Waals surface area contributed by atoms with Crippen LogP contribution in [-0.4, -0.2) is 37.2 Å². The van der Waals surface area contributed by atoms with Gasteiger partial charge < -0.3 is 14.2 Å². The Hall–Kier alpha value is -3.15. The standard InChI is InChI=1S/C64H112O6/c1-4-7-10-13-16-19-22-25-28-30-32-34-36-39-42-45-48-51-54-57-63(66)69-60-61(59-68-62(65)56-53-50-47-44-41-38-35-27-24-21-18-15-12-9-6-3)70-64(67)58-55-52-49-46-43-40-37-33-31-29-26-23-20-17-14-11-8-5-2/h7,10,16,19,25,27-29,31-32,34-35,61H,4-6,8-9,11-15,17-18,20-24,26,30,33,36-60H2,1-3H3/b10-7-,19-16-,28-25-,31-29-,34-32-,35-27-. The maximum absolute atomic E-state index is 12.9. The van der Waals surface area contributed by atoms with Gasteiger partial charge in [-0.2, -0.15) is 0 Å². The third kappa shape index (κ3) is 55.8. The van der Waals surface area contributed by atoms with Crippen LogP contribution >= 0.6 is 0 Å². The van der Waals surface area contributed by atoms with E-state index in [2.05, 4.69) is 93.7 Å². The molecule has 6 nitrogen and oxygen atoms in total. The van der Waals surface area contributed by atoms with Gasteiger partial charge in [-0.05, 0) is 109 Å². The van der Waals surface area contributed by atoms with Crippen molar-refractivity contribution in [1.29, 1.82) is 0 Å². The number of carbonyl (C=O) groups excluding carboxylic acids is 3. The van der Waals surface area contributed by atoms with Crippen molar-refractivity contribution in [2.45, 2.75) is 303 Å². The molecule has 0 fully saturated rings. The Morgan fingerprint density at radius 3 is 0.886 bits per heavy atom. The van der Waals surface area contributed by atoms with Gasteiger partial charge in [0.05, 0.1) is 0 Å². The molecule has 0 N–H and O–H groups in total. The molecule has 0 saturated heterocycles. The minimum absolute atomic E-state index is 0.0852. The summed E-state index contributed by atoms with van der Waals surface area (Å²) in [6.07, 6.45) is 74.6. The summed E-state index contributed by atoms with van der Waals surface area (Å²) in [5.74, 6) is -0.901. The zero-order valence-electron chi connectivity index (χ0n) is 46.3. The van der Waals surface area contributed by atoms with Gasteiger partial charge in [0, 0.05) is 19.3 Å². The van der Waals surface area contributed by atoms with Crippen LogP contribution in [0.5, 0.6) is 0 Å². The molecule has 70 heavy (non-hydrogen) atoms. The van der Waals surface area contributed by atoms with Gasteiger partial charge in [-0.3, -0.25) is 14.4 Å². The minimum atomic E-state index is -0.788. The Kier molecular flexibility index (Phi) is 55.8. The summed E-state index contributed by atoms with van der Waals surface area (Å²) in [4.78, 5) is 38.2. The summed E-state index contributed by atoms with van der Waals surface area (Å²) in [6.45, 7) is 6.52. The number of hydrogen-bond acceptors (Lipinski definition) is 6. The number of rotatable bonds is 54. The van der Waals surface area contributed by atoms with Gasteiger partial charge in [0.1, 0.15) is 13.2 Å². The quantitative estimate of drug-likeness (QED) is 0.0261. The second-order valence-corrected chi connectivity index (χ2v) is 19.9.